The Morgan fingerprint density at radius 2 is 0.714 bits per heavy atom. The van der Waals surface area contributed by atoms with E-state index >= 15 is 0 Å². The molecule has 11 heteroatoms. The summed E-state index contributed by atoms with van der Waals surface area (Å²) in [6, 6.07) is 5.87. The van der Waals surface area contributed by atoms with Crippen molar-refractivity contribution >= 4 is 0 Å². The van der Waals surface area contributed by atoms with Gasteiger partial charge in [-0.15, -0.1) is 0 Å². The van der Waals surface area contributed by atoms with Crippen molar-refractivity contribution in [1.82, 2.24) is 0 Å². The minimum Gasteiger partial charge on any atom is -0.491 e. The Bertz CT molecular complexity index is 550. The smallest absolute Gasteiger partial charge is 0.123 e. The summed E-state index contributed by atoms with van der Waals surface area (Å²) in [6.07, 6.45) is 0. The number of benzene rings is 1. The SMILES string of the molecule is OCCOCCOCCOCCOCCOCCOCCOCCOCCOc1ccc(F)cc1. The molecule has 35 heavy (non-hydrogen) atoms. The Balaban J connectivity index is 1.65. The zero-order valence-electron chi connectivity index (χ0n) is 20.5. The second kappa shape index (κ2) is 25.7. The largest absolute Gasteiger partial charge is 0.491 e. The second-order valence-corrected chi connectivity index (χ2v) is 6.92. The Labute approximate surface area is 207 Å². The van der Waals surface area contributed by atoms with Crippen molar-refractivity contribution < 1.29 is 52.1 Å². The highest BCUT2D eigenvalue weighted by Crippen LogP contribution is 2.10. The van der Waals surface area contributed by atoms with Crippen LogP contribution in [0.3, 0.4) is 0 Å². The molecule has 0 aliphatic heterocycles. The minimum atomic E-state index is -0.289. The second-order valence-electron chi connectivity index (χ2n) is 6.92. The van der Waals surface area contributed by atoms with Crippen molar-refractivity contribution in [2.75, 3.05) is 119 Å². The van der Waals surface area contributed by atoms with Crippen molar-refractivity contribution in [2.45, 2.75) is 0 Å². The number of ether oxygens (including phenoxy) is 9. The number of rotatable bonds is 27. The molecule has 0 aliphatic rings. The maximum Gasteiger partial charge on any atom is 0.123 e. The van der Waals surface area contributed by atoms with Crippen molar-refractivity contribution in [3.8, 4) is 5.75 Å². The van der Waals surface area contributed by atoms with Crippen LogP contribution in [0.25, 0.3) is 0 Å². The van der Waals surface area contributed by atoms with Gasteiger partial charge in [-0.1, -0.05) is 0 Å². The van der Waals surface area contributed by atoms with Crippen LogP contribution in [0.1, 0.15) is 0 Å². The molecule has 0 fully saturated rings. The fourth-order valence-electron chi connectivity index (χ4n) is 2.46. The van der Waals surface area contributed by atoms with Crippen LogP contribution in [0, 0.1) is 5.82 Å². The van der Waals surface area contributed by atoms with Gasteiger partial charge in [-0.25, -0.2) is 4.39 Å². The van der Waals surface area contributed by atoms with Crippen molar-refractivity contribution in [2.24, 2.45) is 0 Å². The number of hydrogen-bond donors (Lipinski definition) is 1. The maximum atomic E-state index is 12.8. The molecule has 0 aromatic heterocycles. The fraction of sp³-hybridized carbons (Fsp3) is 0.750. The molecule has 0 atom stereocenters. The van der Waals surface area contributed by atoms with Crippen LogP contribution < -0.4 is 4.74 Å². The highest BCUT2D eigenvalue weighted by molar-refractivity contribution is 5.21. The normalized spacial score (nSPS) is 11.3. The van der Waals surface area contributed by atoms with Gasteiger partial charge in [-0.05, 0) is 24.3 Å². The monoisotopic (exact) mass is 508 g/mol. The zero-order chi connectivity index (χ0) is 25.1. The van der Waals surface area contributed by atoms with Crippen LogP contribution >= 0.6 is 0 Å². The lowest BCUT2D eigenvalue weighted by atomic mass is 10.3. The molecule has 10 nitrogen and oxygen atoms in total. The third-order valence-corrected chi connectivity index (χ3v) is 4.15. The highest BCUT2D eigenvalue weighted by atomic mass is 19.1. The first-order valence-electron chi connectivity index (χ1n) is 11.9. The average molecular weight is 509 g/mol. The lowest BCUT2D eigenvalue weighted by Crippen LogP contribution is -2.15. The molecule has 1 aromatic rings. The van der Waals surface area contributed by atoms with E-state index in [0.29, 0.717) is 118 Å². The highest BCUT2D eigenvalue weighted by Gasteiger charge is 1.97. The molecule has 0 bridgehead atoms. The average Bonchev–Trinajstić information content (AvgIpc) is 2.87. The number of aliphatic hydroxyl groups excluding tert-OH is 1. The first-order chi connectivity index (χ1) is 17.3. The molecule has 0 unspecified atom stereocenters. The molecule has 0 radical (unpaired) electrons. The summed E-state index contributed by atoms with van der Waals surface area (Å²) in [5.41, 5.74) is 0. The van der Waals surface area contributed by atoms with E-state index in [9.17, 15) is 4.39 Å². The Morgan fingerprint density at radius 3 is 1.03 bits per heavy atom. The topological polar surface area (TPSA) is 103 Å². The number of aliphatic hydroxyl groups is 1. The van der Waals surface area contributed by atoms with E-state index in [1.807, 2.05) is 0 Å². The predicted molar refractivity (Wildman–Crippen MR) is 126 cm³/mol. The van der Waals surface area contributed by atoms with Gasteiger partial charge in [0.1, 0.15) is 18.2 Å². The first kappa shape index (κ1) is 31.6. The molecule has 0 aliphatic carbocycles. The molecule has 0 heterocycles. The summed E-state index contributed by atoms with van der Waals surface area (Å²) in [6.45, 7) is 8.06. The van der Waals surface area contributed by atoms with Crippen LogP contribution in [-0.4, -0.2) is 124 Å². The van der Waals surface area contributed by atoms with Crippen LogP contribution in [0.15, 0.2) is 24.3 Å². The Hall–Kier alpha value is -1.41. The van der Waals surface area contributed by atoms with Crippen LogP contribution in [-0.2, 0) is 37.9 Å². The first-order valence-corrected chi connectivity index (χ1v) is 11.9. The van der Waals surface area contributed by atoms with Gasteiger partial charge >= 0.3 is 0 Å². The summed E-state index contributed by atoms with van der Waals surface area (Å²) in [4.78, 5) is 0. The minimum absolute atomic E-state index is 0.0238. The van der Waals surface area contributed by atoms with E-state index in [1.165, 1.54) is 12.1 Å². The molecular weight excluding hydrogens is 467 g/mol. The van der Waals surface area contributed by atoms with E-state index in [2.05, 4.69) is 0 Å². The molecule has 1 aromatic carbocycles. The third kappa shape index (κ3) is 22.8. The van der Waals surface area contributed by atoms with Gasteiger partial charge in [0.25, 0.3) is 0 Å². The van der Waals surface area contributed by atoms with E-state index in [1.54, 1.807) is 12.1 Å². The third-order valence-electron chi connectivity index (χ3n) is 4.15. The molecule has 0 saturated heterocycles. The van der Waals surface area contributed by atoms with Gasteiger partial charge in [0, 0.05) is 0 Å². The van der Waals surface area contributed by atoms with Crippen molar-refractivity contribution in [3.63, 3.8) is 0 Å². The van der Waals surface area contributed by atoms with Crippen molar-refractivity contribution in [3.05, 3.63) is 30.1 Å². The number of halogens is 1. The predicted octanol–water partition coefficient (Wildman–Crippen LogP) is 1.33. The molecule has 0 spiro atoms. The molecule has 1 N–H and O–H groups in total. The molecular formula is C24H41FO10. The summed E-state index contributed by atoms with van der Waals surface area (Å²) in [7, 11) is 0. The quantitative estimate of drug-likeness (QED) is 0.175. The van der Waals surface area contributed by atoms with Crippen LogP contribution in [0.4, 0.5) is 4.39 Å². The van der Waals surface area contributed by atoms with Crippen LogP contribution in [0.2, 0.25) is 0 Å². The van der Waals surface area contributed by atoms with Gasteiger partial charge in [-0.3, -0.25) is 0 Å². The molecule has 0 saturated carbocycles. The summed E-state index contributed by atoms with van der Waals surface area (Å²) >= 11 is 0. The van der Waals surface area contributed by atoms with Crippen molar-refractivity contribution in [1.29, 1.82) is 0 Å². The molecule has 0 amide bonds. The zero-order valence-corrected chi connectivity index (χ0v) is 20.5. The summed E-state index contributed by atoms with van der Waals surface area (Å²) in [5, 5.41) is 8.55. The van der Waals surface area contributed by atoms with Gasteiger partial charge in [-0.2, -0.15) is 0 Å². The fourth-order valence-corrected chi connectivity index (χ4v) is 2.46. The number of hydrogen-bond acceptors (Lipinski definition) is 10. The van der Waals surface area contributed by atoms with E-state index in [4.69, 9.17) is 47.7 Å². The summed E-state index contributed by atoms with van der Waals surface area (Å²) in [5.74, 6) is 0.323. The summed E-state index contributed by atoms with van der Waals surface area (Å²) < 4.78 is 61.0. The van der Waals surface area contributed by atoms with Gasteiger partial charge in [0.05, 0.1) is 112 Å². The van der Waals surface area contributed by atoms with Gasteiger partial charge < -0.3 is 47.7 Å². The lowest BCUT2D eigenvalue weighted by molar-refractivity contribution is -0.0242. The molecule has 1 rings (SSSR count). The molecule has 204 valence electrons. The van der Waals surface area contributed by atoms with Gasteiger partial charge in [0.15, 0.2) is 0 Å². The Kier molecular flexibility index (Phi) is 23.2. The maximum absolute atomic E-state index is 12.8. The van der Waals surface area contributed by atoms with E-state index < -0.39 is 0 Å². The standard InChI is InChI=1S/C24H41FO10/c25-23-1-3-24(4-2-23)35-22-21-34-20-19-33-18-17-32-16-15-31-14-13-30-12-11-29-10-9-28-8-7-27-6-5-26/h1-4,26H,5-22H2. The van der Waals surface area contributed by atoms with E-state index in [0.717, 1.165) is 0 Å². The van der Waals surface area contributed by atoms with E-state index in [-0.39, 0.29) is 12.4 Å². The van der Waals surface area contributed by atoms with Crippen LogP contribution in [0.5, 0.6) is 5.75 Å². The Morgan fingerprint density at radius 1 is 0.429 bits per heavy atom. The van der Waals surface area contributed by atoms with Gasteiger partial charge in [0.2, 0.25) is 0 Å². The lowest BCUT2D eigenvalue weighted by Gasteiger charge is -2.09.